The van der Waals surface area contributed by atoms with Crippen molar-refractivity contribution in [1.82, 2.24) is 0 Å². The standard InChI is InChI=1S/C18H30O3/c1-14-5-10-18(20-2,11-6-14)16(19)15-7-12-21-17(13-15)8-3-4-9-17/h14-15H,3-13H2,1-2H3. The summed E-state index contributed by atoms with van der Waals surface area (Å²) in [5.74, 6) is 1.27. The normalized spacial score (nSPS) is 39.5. The van der Waals surface area contributed by atoms with E-state index in [-0.39, 0.29) is 11.5 Å². The minimum Gasteiger partial charge on any atom is -0.375 e. The summed E-state index contributed by atoms with van der Waals surface area (Å²) in [4.78, 5) is 13.2. The van der Waals surface area contributed by atoms with Gasteiger partial charge in [0.1, 0.15) is 5.60 Å². The van der Waals surface area contributed by atoms with E-state index >= 15 is 0 Å². The van der Waals surface area contributed by atoms with Gasteiger partial charge in [0.2, 0.25) is 0 Å². The van der Waals surface area contributed by atoms with Gasteiger partial charge >= 0.3 is 0 Å². The molecule has 0 N–H and O–H groups in total. The molecule has 2 aliphatic carbocycles. The minimum absolute atomic E-state index is 0.0233. The minimum atomic E-state index is -0.492. The Hall–Kier alpha value is -0.410. The zero-order valence-corrected chi connectivity index (χ0v) is 13.7. The van der Waals surface area contributed by atoms with Crippen LogP contribution in [0.5, 0.6) is 0 Å². The number of hydrogen-bond acceptors (Lipinski definition) is 3. The van der Waals surface area contributed by atoms with Crippen LogP contribution in [0.4, 0.5) is 0 Å². The molecule has 3 fully saturated rings. The van der Waals surface area contributed by atoms with E-state index in [0.29, 0.717) is 5.78 Å². The number of ether oxygens (including phenoxy) is 2. The molecule has 0 aromatic carbocycles. The van der Waals surface area contributed by atoms with Crippen molar-refractivity contribution in [2.45, 2.75) is 82.3 Å². The first-order valence-electron chi connectivity index (χ1n) is 8.83. The second-order valence-corrected chi connectivity index (χ2v) is 7.67. The summed E-state index contributed by atoms with van der Waals surface area (Å²) in [5.41, 5.74) is -0.468. The lowest BCUT2D eigenvalue weighted by molar-refractivity contribution is -0.161. The second kappa shape index (κ2) is 6.00. The van der Waals surface area contributed by atoms with Crippen molar-refractivity contribution in [3.8, 4) is 0 Å². The van der Waals surface area contributed by atoms with Crippen LogP contribution in [0.15, 0.2) is 0 Å². The molecule has 3 rings (SSSR count). The quantitative estimate of drug-likeness (QED) is 0.792. The van der Waals surface area contributed by atoms with Gasteiger partial charge in [0.25, 0.3) is 0 Å². The van der Waals surface area contributed by atoms with Crippen LogP contribution in [0, 0.1) is 11.8 Å². The zero-order chi connectivity index (χ0) is 14.9. The molecule has 0 radical (unpaired) electrons. The Morgan fingerprint density at radius 1 is 1.10 bits per heavy atom. The van der Waals surface area contributed by atoms with Gasteiger partial charge in [-0.3, -0.25) is 4.79 Å². The summed E-state index contributed by atoms with van der Waals surface area (Å²) in [6.45, 7) is 3.04. The highest BCUT2D eigenvalue weighted by molar-refractivity contribution is 5.89. The van der Waals surface area contributed by atoms with Gasteiger partial charge in [-0.25, -0.2) is 0 Å². The van der Waals surface area contributed by atoms with Crippen LogP contribution < -0.4 is 0 Å². The van der Waals surface area contributed by atoms with Crippen molar-refractivity contribution in [3.05, 3.63) is 0 Å². The van der Waals surface area contributed by atoms with E-state index < -0.39 is 5.60 Å². The summed E-state index contributed by atoms with van der Waals surface area (Å²) < 4.78 is 11.9. The molecule has 21 heavy (non-hydrogen) atoms. The van der Waals surface area contributed by atoms with Crippen molar-refractivity contribution in [1.29, 1.82) is 0 Å². The molecule has 1 atom stereocenters. The Morgan fingerprint density at radius 3 is 2.38 bits per heavy atom. The van der Waals surface area contributed by atoms with Gasteiger partial charge in [0, 0.05) is 19.6 Å². The predicted octanol–water partition coefficient (Wildman–Crippen LogP) is 3.89. The van der Waals surface area contributed by atoms with Crippen molar-refractivity contribution in [2.75, 3.05) is 13.7 Å². The molecule has 0 aromatic rings. The van der Waals surface area contributed by atoms with Crippen molar-refractivity contribution >= 4 is 5.78 Å². The van der Waals surface area contributed by atoms with Crippen LogP contribution in [-0.4, -0.2) is 30.7 Å². The molecule has 3 nitrogen and oxygen atoms in total. The van der Waals surface area contributed by atoms with E-state index in [1.54, 1.807) is 7.11 Å². The summed E-state index contributed by atoms with van der Waals surface area (Å²) >= 11 is 0. The van der Waals surface area contributed by atoms with E-state index in [4.69, 9.17) is 9.47 Å². The second-order valence-electron chi connectivity index (χ2n) is 7.67. The number of rotatable bonds is 3. The third-order valence-electron chi connectivity index (χ3n) is 6.30. The molecular weight excluding hydrogens is 264 g/mol. The molecule has 1 spiro atoms. The van der Waals surface area contributed by atoms with Crippen LogP contribution in [0.2, 0.25) is 0 Å². The SMILES string of the molecule is COC1(C(=O)C2CCOC3(CCCC3)C2)CCC(C)CC1. The molecule has 1 heterocycles. The number of hydrogen-bond donors (Lipinski definition) is 0. The van der Waals surface area contributed by atoms with Crippen LogP contribution in [0.1, 0.15) is 71.1 Å². The Bertz CT molecular complexity index is 376. The lowest BCUT2D eigenvalue weighted by atomic mass is 9.70. The molecular formula is C18H30O3. The average Bonchev–Trinajstić information content (AvgIpc) is 2.95. The number of carbonyl (C=O) groups is 1. The highest BCUT2D eigenvalue weighted by Gasteiger charge is 2.48. The third-order valence-corrected chi connectivity index (χ3v) is 6.30. The van der Waals surface area contributed by atoms with Gasteiger partial charge in [0.15, 0.2) is 5.78 Å². The molecule has 1 unspecified atom stereocenters. The first kappa shape index (κ1) is 15.5. The molecule has 120 valence electrons. The highest BCUT2D eigenvalue weighted by atomic mass is 16.5. The van der Waals surface area contributed by atoms with Gasteiger partial charge in [-0.2, -0.15) is 0 Å². The first-order chi connectivity index (χ1) is 10.1. The van der Waals surface area contributed by atoms with Crippen molar-refractivity contribution < 1.29 is 14.3 Å². The molecule has 0 amide bonds. The van der Waals surface area contributed by atoms with Crippen LogP contribution in [0.3, 0.4) is 0 Å². The van der Waals surface area contributed by atoms with Crippen LogP contribution >= 0.6 is 0 Å². The average molecular weight is 294 g/mol. The predicted molar refractivity (Wildman–Crippen MR) is 82.3 cm³/mol. The monoisotopic (exact) mass is 294 g/mol. The van der Waals surface area contributed by atoms with Gasteiger partial charge in [0.05, 0.1) is 5.60 Å². The van der Waals surface area contributed by atoms with Crippen molar-refractivity contribution in [3.63, 3.8) is 0 Å². The highest BCUT2D eigenvalue weighted by Crippen LogP contribution is 2.45. The van der Waals surface area contributed by atoms with Crippen LogP contribution in [0.25, 0.3) is 0 Å². The maximum atomic E-state index is 13.2. The molecule has 1 saturated heterocycles. The fourth-order valence-corrected chi connectivity index (χ4v) is 4.77. The number of carbonyl (C=O) groups excluding carboxylic acids is 1. The van der Waals surface area contributed by atoms with E-state index in [2.05, 4.69) is 6.92 Å². The largest absolute Gasteiger partial charge is 0.375 e. The van der Waals surface area contributed by atoms with Crippen molar-refractivity contribution in [2.24, 2.45) is 11.8 Å². The molecule has 3 heteroatoms. The molecule has 3 aliphatic rings. The summed E-state index contributed by atoms with van der Waals surface area (Å²) in [6.07, 6.45) is 10.7. The Kier molecular flexibility index (Phi) is 4.42. The Balaban J connectivity index is 1.71. The van der Waals surface area contributed by atoms with Gasteiger partial charge < -0.3 is 9.47 Å². The Labute approximate surface area is 128 Å². The molecule has 0 aromatic heterocycles. The molecule has 1 aliphatic heterocycles. The van der Waals surface area contributed by atoms with E-state index in [1.807, 2.05) is 0 Å². The van der Waals surface area contributed by atoms with Gasteiger partial charge in [-0.15, -0.1) is 0 Å². The van der Waals surface area contributed by atoms with Crippen LogP contribution in [-0.2, 0) is 14.3 Å². The third kappa shape index (κ3) is 2.92. The number of methoxy groups -OCH3 is 1. The first-order valence-corrected chi connectivity index (χ1v) is 8.83. The van der Waals surface area contributed by atoms with E-state index in [1.165, 1.54) is 12.8 Å². The molecule has 0 bridgehead atoms. The lowest BCUT2D eigenvalue weighted by Gasteiger charge is -2.43. The smallest absolute Gasteiger partial charge is 0.167 e. The fraction of sp³-hybridized carbons (Fsp3) is 0.944. The van der Waals surface area contributed by atoms with Gasteiger partial charge in [-0.05, 0) is 57.3 Å². The van der Waals surface area contributed by atoms with E-state index in [0.717, 1.165) is 63.9 Å². The topological polar surface area (TPSA) is 35.5 Å². The summed E-state index contributed by atoms with van der Waals surface area (Å²) in [5, 5.41) is 0. The van der Waals surface area contributed by atoms with Gasteiger partial charge in [-0.1, -0.05) is 19.8 Å². The fourth-order valence-electron chi connectivity index (χ4n) is 4.77. The van der Waals surface area contributed by atoms with E-state index in [9.17, 15) is 4.79 Å². The number of Topliss-reactive ketones (excluding diaryl/α,β-unsaturated/α-hetero) is 1. The maximum Gasteiger partial charge on any atom is 0.167 e. The lowest BCUT2D eigenvalue weighted by Crippen LogP contribution is -2.50. The number of ketones is 1. The maximum absolute atomic E-state index is 13.2. The zero-order valence-electron chi connectivity index (χ0n) is 13.7. The summed E-state index contributed by atoms with van der Waals surface area (Å²) in [6, 6.07) is 0. The Morgan fingerprint density at radius 2 is 1.76 bits per heavy atom. The molecule has 2 saturated carbocycles. The summed E-state index contributed by atoms with van der Waals surface area (Å²) in [7, 11) is 1.73.